The molecule has 8 nitrogen and oxygen atoms in total. The molecule has 1 aromatic rings. The van der Waals surface area contributed by atoms with Crippen LogP contribution in [0.5, 0.6) is 0 Å². The minimum absolute atomic E-state index is 0.0828. The van der Waals surface area contributed by atoms with E-state index in [1.165, 1.54) is 10.5 Å². The van der Waals surface area contributed by atoms with E-state index < -0.39 is 11.6 Å². The number of carbonyl (C=O) groups excluding carboxylic acids is 3. The van der Waals surface area contributed by atoms with Crippen LogP contribution in [0.25, 0.3) is 0 Å². The molecule has 0 radical (unpaired) electrons. The van der Waals surface area contributed by atoms with Gasteiger partial charge in [-0.2, -0.15) is 0 Å². The Morgan fingerprint density at radius 1 is 1.08 bits per heavy atom. The number of hydrogen-bond donors (Lipinski definition) is 1. The molecule has 1 aliphatic heterocycles. The lowest BCUT2D eigenvalue weighted by Crippen LogP contribution is -2.71. The zero-order valence-corrected chi connectivity index (χ0v) is 24.2. The van der Waals surface area contributed by atoms with Gasteiger partial charge in [0.25, 0.3) is 0 Å². The van der Waals surface area contributed by atoms with E-state index >= 15 is 0 Å². The molecule has 3 amide bonds. The van der Waals surface area contributed by atoms with Crippen molar-refractivity contribution in [1.82, 2.24) is 20.0 Å². The second-order valence-electron chi connectivity index (χ2n) is 10.7. The molecular formula is C29H48N4O4. The number of rotatable bonds is 15. The lowest BCUT2D eigenvalue weighted by Gasteiger charge is -2.54. The number of likely N-dealkylation sites (tertiary alicyclic amines) is 1. The topological polar surface area (TPSA) is 82.2 Å². The van der Waals surface area contributed by atoms with Crippen LogP contribution in [0.2, 0.25) is 0 Å². The summed E-state index contributed by atoms with van der Waals surface area (Å²) in [5.74, 6) is -0.439. The smallest absolute Gasteiger partial charge is 0.248 e. The molecule has 0 spiro atoms. The van der Waals surface area contributed by atoms with Crippen LogP contribution in [-0.4, -0.2) is 85.0 Å². The Balaban J connectivity index is 2.04. The quantitative estimate of drug-likeness (QED) is 0.359. The zero-order chi connectivity index (χ0) is 27.8. The monoisotopic (exact) mass is 516 g/mol. The molecule has 1 N–H and O–H groups in total. The van der Waals surface area contributed by atoms with E-state index in [4.69, 9.17) is 4.74 Å². The van der Waals surface area contributed by atoms with Crippen molar-refractivity contribution in [2.45, 2.75) is 85.5 Å². The van der Waals surface area contributed by atoms with Crippen LogP contribution >= 0.6 is 0 Å². The summed E-state index contributed by atoms with van der Waals surface area (Å²) < 4.78 is 6.07. The third kappa shape index (κ3) is 7.54. The van der Waals surface area contributed by atoms with E-state index in [0.29, 0.717) is 25.4 Å². The van der Waals surface area contributed by atoms with Crippen LogP contribution < -0.4 is 5.32 Å². The minimum Gasteiger partial charge on any atom is -0.348 e. The van der Waals surface area contributed by atoms with Crippen molar-refractivity contribution >= 4 is 17.7 Å². The van der Waals surface area contributed by atoms with Gasteiger partial charge in [0.15, 0.2) is 0 Å². The third-order valence-corrected chi connectivity index (χ3v) is 7.87. The number of likely N-dealkylation sites (N-methyl/N-ethyl adjacent to an activating group) is 2. The number of amides is 3. The first-order valence-corrected chi connectivity index (χ1v) is 13.7. The molecule has 208 valence electrons. The molecule has 0 unspecified atom stereocenters. The largest absolute Gasteiger partial charge is 0.348 e. The van der Waals surface area contributed by atoms with Crippen LogP contribution in [-0.2, 0) is 19.1 Å². The Kier molecular flexibility index (Phi) is 11.6. The maximum Gasteiger partial charge on any atom is 0.248 e. The number of carbonyl (C=O) groups is 3. The number of benzene rings is 1. The highest BCUT2D eigenvalue weighted by molar-refractivity contribution is 5.93. The first-order chi connectivity index (χ1) is 17.5. The molecule has 8 heteroatoms. The van der Waals surface area contributed by atoms with Crippen molar-refractivity contribution in [3.8, 4) is 0 Å². The van der Waals surface area contributed by atoms with Crippen LogP contribution in [0, 0.1) is 12.3 Å². The number of hydrogen-bond acceptors (Lipinski definition) is 5. The molecule has 2 rings (SSSR count). The highest BCUT2D eigenvalue weighted by Crippen LogP contribution is 2.45. The van der Waals surface area contributed by atoms with Gasteiger partial charge in [-0.15, -0.1) is 0 Å². The molecule has 0 saturated carbocycles. The minimum atomic E-state index is -0.698. The van der Waals surface area contributed by atoms with E-state index in [1.807, 2.05) is 52.1 Å². The van der Waals surface area contributed by atoms with Crippen molar-refractivity contribution in [2.75, 3.05) is 40.3 Å². The van der Waals surface area contributed by atoms with E-state index in [1.54, 1.807) is 11.9 Å². The third-order valence-electron chi connectivity index (χ3n) is 7.87. The van der Waals surface area contributed by atoms with Crippen LogP contribution in [0.1, 0.15) is 77.5 Å². The van der Waals surface area contributed by atoms with Gasteiger partial charge in [0.2, 0.25) is 17.7 Å². The average Bonchev–Trinajstić information content (AvgIpc) is 2.88. The Morgan fingerprint density at radius 2 is 1.70 bits per heavy atom. The van der Waals surface area contributed by atoms with Gasteiger partial charge in [-0.3, -0.25) is 14.4 Å². The maximum absolute atomic E-state index is 13.2. The van der Waals surface area contributed by atoms with Crippen molar-refractivity contribution in [1.29, 1.82) is 0 Å². The van der Waals surface area contributed by atoms with Gasteiger partial charge in [0.05, 0.1) is 11.5 Å². The Labute approximate surface area is 223 Å². The molecule has 0 aromatic heterocycles. The summed E-state index contributed by atoms with van der Waals surface area (Å²) in [6.45, 7) is 13.4. The van der Waals surface area contributed by atoms with Crippen LogP contribution in [0.3, 0.4) is 0 Å². The van der Waals surface area contributed by atoms with Gasteiger partial charge in [-0.25, -0.2) is 0 Å². The number of ether oxygens (including phenoxy) is 1. The highest BCUT2D eigenvalue weighted by Gasteiger charge is 2.59. The van der Waals surface area contributed by atoms with Crippen molar-refractivity contribution in [3.05, 3.63) is 35.4 Å². The van der Waals surface area contributed by atoms with Crippen molar-refractivity contribution in [2.24, 2.45) is 5.41 Å². The van der Waals surface area contributed by atoms with Gasteiger partial charge in [-0.05, 0) is 52.6 Å². The SMILES string of the molecule is CCC[C@@H](NC(=O)CN1C(=O)C(CC)(CC)[C@@H]1OCC(=O)N(C)CCN(C)C(C)C)c1ccc(C)cc1. The van der Waals surface area contributed by atoms with Gasteiger partial charge < -0.3 is 24.8 Å². The maximum atomic E-state index is 13.2. The molecule has 37 heavy (non-hydrogen) atoms. The van der Waals surface area contributed by atoms with Crippen molar-refractivity contribution in [3.63, 3.8) is 0 Å². The summed E-state index contributed by atoms with van der Waals surface area (Å²) in [7, 11) is 3.80. The number of nitrogens with zero attached hydrogens (tertiary/aromatic N) is 3. The predicted octanol–water partition coefficient (Wildman–Crippen LogP) is 3.74. The predicted molar refractivity (Wildman–Crippen MR) is 147 cm³/mol. The second kappa shape index (κ2) is 13.9. The first kappa shape index (κ1) is 30.8. The lowest BCUT2D eigenvalue weighted by molar-refractivity contribution is -0.224. The fourth-order valence-electron chi connectivity index (χ4n) is 4.79. The Hall–Kier alpha value is -2.45. The number of aryl methyl sites for hydroxylation is 1. The molecule has 1 aromatic carbocycles. The van der Waals surface area contributed by atoms with E-state index in [0.717, 1.165) is 24.9 Å². The fourth-order valence-corrected chi connectivity index (χ4v) is 4.79. The average molecular weight is 517 g/mol. The van der Waals surface area contributed by atoms with Gasteiger partial charge in [0, 0.05) is 26.2 Å². The summed E-state index contributed by atoms with van der Waals surface area (Å²) in [6, 6.07) is 8.44. The van der Waals surface area contributed by atoms with Gasteiger partial charge in [-0.1, -0.05) is 57.0 Å². The number of β-lactam (4-membered cyclic amide) rings is 1. The number of nitrogens with one attached hydrogen (secondary N) is 1. The van der Waals surface area contributed by atoms with Gasteiger partial charge in [0.1, 0.15) is 19.4 Å². The van der Waals surface area contributed by atoms with Crippen molar-refractivity contribution < 1.29 is 19.1 Å². The molecule has 1 aliphatic rings. The fraction of sp³-hybridized carbons (Fsp3) is 0.690. The molecule has 0 bridgehead atoms. The molecule has 1 heterocycles. The molecule has 1 fully saturated rings. The molecule has 1 saturated heterocycles. The van der Waals surface area contributed by atoms with Crippen LogP contribution in [0.15, 0.2) is 24.3 Å². The van der Waals surface area contributed by atoms with E-state index in [-0.39, 0.29) is 36.9 Å². The standard InChI is InChI=1S/C29H48N4O4/c1-9-12-24(23-15-13-22(6)14-16-23)30-25(34)19-33-27(36)29(10-2,11-3)28(33)37-20-26(35)32(8)18-17-31(7)21(4)5/h13-16,21,24,28H,9-12,17-20H2,1-8H3,(H,30,34)/t24-,28+/m1/s1. The van der Waals surface area contributed by atoms with E-state index in [9.17, 15) is 14.4 Å². The molecule has 0 aliphatic carbocycles. The normalized spacial score (nSPS) is 17.6. The van der Waals surface area contributed by atoms with Crippen LogP contribution in [0.4, 0.5) is 0 Å². The van der Waals surface area contributed by atoms with Gasteiger partial charge >= 0.3 is 0 Å². The zero-order valence-electron chi connectivity index (χ0n) is 24.2. The molecular weight excluding hydrogens is 468 g/mol. The Bertz CT molecular complexity index is 898. The first-order valence-electron chi connectivity index (χ1n) is 13.7. The van der Waals surface area contributed by atoms with E-state index in [2.05, 4.69) is 31.0 Å². The summed E-state index contributed by atoms with van der Waals surface area (Å²) in [5.41, 5.74) is 1.52. The summed E-state index contributed by atoms with van der Waals surface area (Å²) in [6.07, 6.45) is 2.32. The highest BCUT2D eigenvalue weighted by atomic mass is 16.5. The lowest BCUT2D eigenvalue weighted by atomic mass is 9.71. The second-order valence-corrected chi connectivity index (χ2v) is 10.7. The molecule has 2 atom stereocenters. The summed E-state index contributed by atoms with van der Waals surface area (Å²) in [5, 5.41) is 3.11. The Morgan fingerprint density at radius 3 is 2.24 bits per heavy atom. The summed E-state index contributed by atoms with van der Waals surface area (Å²) in [4.78, 5) is 44.3. The summed E-state index contributed by atoms with van der Waals surface area (Å²) >= 11 is 0.